The van der Waals surface area contributed by atoms with Crippen molar-refractivity contribution in [3.8, 4) is 6.07 Å². The smallest absolute Gasteiger partial charge is 0.358 e. The van der Waals surface area contributed by atoms with Crippen molar-refractivity contribution in [3.63, 3.8) is 0 Å². The Morgan fingerprint density at radius 1 is 1.25 bits per heavy atom. The molecule has 0 amide bonds. The summed E-state index contributed by atoms with van der Waals surface area (Å²) in [6, 6.07) is 5.96. The van der Waals surface area contributed by atoms with E-state index in [1.54, 1.807) is 0 Å². The minimum absolute atomic E-state index is 0.358. The molecule has 1 N–H and O–H groups in total. The van der Waals surface area contributed by atoms with Crippen LogP contribution in [0.25, 0.3) is 0 Å². The molecule has 0 saturated heterocycles. The van der Waals surface area contributed by atoms with Gasteiger partial charge in [-0.15, -0.1) is 0 Å². The van der Waals surface area contributed by atoms with Gasteiger partial charge in [0.1, 0.15) is 11.9 Å². The topological polar surface area (TPSA) is 35.8 Å². The van der Waals surface area contributed by atoms with Crippen molar-refractivity contribution in [3.05, 3.63) is 30.1 Å². The zero-order valence-electron chi connectivity index (χ0n) is 8.27. The number of nitrogens with zero attached hydrogens (tertiary/aromatic N) is 1. The highest BCUT2D eigenvalue weighted by atomic mass is 19.4. The maximum atomic E-state index is 13.1. The van der Waals surface area contributed by atoms with E-state index in [0.29, 0.717) is 6.92 Å². The minimum Gasteiger partial charge on any atom is -0.358 e. The first-order valence-electron chi connectivity index (χ1n) is 4.31. The molecule has 0 spiro atoms. The fraction of sp³-hybridized carbons (Fsp3) is 0.300. The van der Waals surface area contributed by atoms with Crippen molar-refractivity contribution >= 4 is 5.69 Å². The van der Waals surface area contributed by atoms with Crippen molar-refractivity contribution in [2.75, 3.05) is 5.32 Å². The lowest BCUT2D eigenvalue weighted by atomic mass is 10.0. The molecule has 1 unspecified atom stereocenters. The van der Waals surface area contributed by atoms with Gasteiger partial charge in [0.25, 0.3) is 0 Å². The molecule has 0 bridgehead atoms. The molecule has 0 saturated carbocycles. The first kappa shape index (κ1) is 12.3. The van der Waals surface area contributed by atoms with Crippen LogP contribution in [0.1, 0.15) is 6.92 Å². The SMILES string of the molecule is CC(C#N)(Nc1ccccc1F)C(F)(F)F. The van der Waals surface area contributed by atoms with E-state index in [1.165, 1.54) is 12.1 Å². The van der Waals surface area contributed by atoms with Crippen LogP contribution in [-0.2, 0) is 0 Å². The van der Waals surface area contributed by atoms with E-state index in [2.05, 4.69) is 0 Å². The average Bonchev–Trinajstić information content (AvgIpc) is 2.19. The first-order valence-corrected chi connectivity index (χ1v) is 4.31. The monoisotopic (exact) mass is 232 g/mol. The molecule has 1 aromatic carbocycles. The van der Waals surface area contributed by atoms with Crippen molar-refractivity contribution in [1.29, 1.82) is 5.26 Å². The number of nitrogens with one attached hydrogen (secondary N) is 1. The number of para-hydroxylation sites is 1. The molecule has 0 aromatic heterocycles. The van der Waals surface area contributed by atoms with E-state index < -0.39 is 17.5 Å². The number of hydrogen-bond donors (Lipinski definition) is 1. The van der Waals surface area contributed by atoms with Gasteiger partial charge in [-0.25, -0.2) is 4.39 Å². The number of nitriles is 1. The summed E-state index contributed by atoms with van der Waals surface area (Å²) < 4.78 is 50.6. The highest BCUT2D eigenvalue weighted by molar-refractivity contribution is 5.49. The van der Waals surface area contributed by atoms with Crippen LogP contribution in [0.5, 0.6) is 0 Å². The molecule has 6 heteroatoms. The van der Waals surface area contributed by atoms with Crippen LogP contribution in [0, 0.1) is 17.1 Å². The maximum absolute atomic E-state index is 13.1. The van der Waals surface area contributed by atoms with E-state index >= 15 is 0 Å². The number of halogens is 4. The van der Waals surface area contributed by atoms with Gasteiger partial charge in [0.2, 0.25) is 5.54 Å². The lowest BCUT2D eigenvalue weighted by Gasteiger charge is -2.27. The summed E-state index contributed by atoms with van der Waals surface area (Å²) >= 11 is 0. The summed E-state index contributed by atoms with van der Waals surface area (Å²) in [6.45, 7) is 0.652. The fourth-order valence-electron chi connectivity index (χ4n) is 0.994. The van der Waals surface area contributed by atoms with E-state index in [0.717, 1.165) is 18.2 Å². The third-order valence-electron chi connectivity index (χ3n) is 2.05. The highest BCUT2D eigenvalue weighted by Crippen LogP contribution is 2.33. The Balaban J connectivity index is 3.05. The molecule has 0 radical (unpaired) electrons. The predicted octanol–water partition coefficient (Wildman–Crippen LogP) is 3.08. The van der Waals surface area contributed by atoms with Gasteiger partial charge in [0.05, 0.1) is 5.69 Å². The maximum Gasteiger partial charge on any atom is 0.424 e. The van der Waals surface area contributed by atoms with Crippen molar-refractivity contribution in [1.82, 2.24) is 0 Å². The molecular formula is C10H8F4N2. The molecule has 0 heterocycles. The van der Waals surface area contributed by atoms with Gasteiger partial charge in [-0.2, -0.15) is 18.4 Å². The van der Waals surface area contributed by atoms with Gasteiger partial charge in [-0.05, 0) is 19.1 Å². The Labute approximate surface area is 89.5 Å². The third-order valence-corrected chi connectivity index (χ3v) is 2.05. The molecule has 1 rings (SSSR count). The highest BCUT2D eigenvalue weighted by Gasteiger charge is 2.52. The van der Waals surface area contributed by atoms with Crippen LogP contribution >= 0.6 is 0 Å². The summed E-state index contributed by atoms with van der Waals surface area (Å²) in [5, 5.41) is 10.4. The van der Waals surface area contributed by atoms with Gasteiger partial charge >= 0.3 is 6.18 Å². The van der Waals surface area contributed by atoms with Gasteiger partial charge < -0.3 is 5.32 Å². The van der Waals surface area contributed by atoms with Crippen LogP contribution in [-0.4, -0.2) is 11.7 Å². The molecular weight excluding hydrogens is 224 g/mol. The quantitative estimate of drug-likeness (QED) is 0.795. The first-order chi connectivity index (χ1) is 7.30. The third kappa shape index (κ3) is 2.24. The van der Waals surface area contributed by atoms with E-state index in [1.807, 2.05) is 5.32 Å². The zero-order chi connectivity index (χ0) is 12.4. The summed E-state index contributed by atoms with van der Waals surface area (Å²) in [5.74, 6) is -0.840. The number of alkyl halides is 3. The van der Waals surface area contributed by atoms with Crippen LogP contribution in [0.3, 0.4) is 0 Å². The van der Waals surface area contributed by atoms with Crippen LogP contribution in [0.4, 0.5) is 23.2 Å². The van der Waals surface area contributed by atoms with Crippen molar-refractivity contribution in [2.24, 2.45) is 0 Å². The average molecular weight is 232 g/mol. The Morgan fingerprint density at radius 3 is 2.25 bits per heavy atom. The molecule has 86 valence electrons. The lowest BCUT2D eigenvalue weighted by Crippen LogP contribution is -2.48. The Kier molecular flexibility index (Phi) is 3.08. The fourth-order valence-corrected chi connectivity index (χ4v) is 0.994. The standard InChI is InChI=1S/C10H8F4N2/c1-9(6-15,10(12,13)14)16-8-5-3-2-4-7(8)11/h2-5,16H,1H3. The molecule has 2 nitrogen and oxygen atoms in total. The van der Waals surface area contributed by atoms with Gasteiger partial charge in [0.15, 0.2) is 0 Å². The molecule has 1 aromatic rings. The molecule has 0 aliphatic carbocycles. The second-order valence-corrected chi connectivity index (χ2v) is 3.34. The van der Waals surface area contributed by atoms with E-state index in [-0.39, 0.29) is 5.69 Å². The summed E-state index contributed by atoms with van der Waals surface area (Å²) in [5.41, 5.74) is -3.17. The van der Waals surface area contributed by atoms with Gasteiger partial charge in [-0.1, -0.05) is 12.1 Å². The Morgan fingerprint density at radius 2 is 1.81 bits per heavy atom. The Hall–Kier alpha value is -1.77. The predicted molar refractivity (Wildman–Crippen MR) is 50.1 cm³/mol. The zero-order valence-corrected chi connectivity index (χ0v) is 8.27. The molecule has 0 aliphatic rings. The lowest BCUT2D eigenvalue weighted by molar-refractivity contribution is -0.158. The van der Waals surface area contributed by atoms with Crippen LogP contribution < -0.4 is 5.32 Å². The van der Waals surface area contributed by atoms with Crippen LogP contribution in [0.2, 0.25) is 0 Å². The normalized spacial score (nSPS) is 15.0. The Bertz CT molecular complexity index is 422. The number of benzene rings is 1. The van der Waals surface area contributed by atoms with Crippen LogP contribution in [0.15, 0.2) is 24.3 Å². The van der Waals surface area contributed by atoms with Crippen molar-refractivity contribution < 1.29 is 17.6 Å². The number of hydrogen-bond acceptors (Lipinski definition) is 2. The number of rotatable bonds is 2. The van der Waals surface area contributed by atoms with Gasteiger partial charge in [-0.3, -0.25) is 0 Å². The van der Waals surface area contributed by atoms with E-state index in [9.17, 15) is 17.6 Å². The minimum atomic E-state index is -4.79. The molecule has 1 atom stereocenters. The summed E-state index contributed by atoms with van der Waals surface area (Å²) in [6.07, 6.45) is -4.79. The van der Waals surface area contributed by atoms with Crippen molar-refractivity contribution in [2.45, 2.75) is 18.6 Å². The summed E-state index contributed by atoms with van der Waals surface area (Å²) in [7, 11) is 0. The second-order valence-electron chi connectivity index (χ2n) is 3.34. The largest absolute Gasteiger partial charge is 0.424 e. The molecule has 16 heavy (non-hydrogen) atoms. The molecule has 0 fully saturated rings. The molecule has 0 aliphatic heterocycles. The number of anilines is 1. The van der Waals surface area contributed by atoms with Gasteiger partial charge in [0, 0.05) is 0 Å². The second kappa shape index (κ2) is 4.00. The summed E-state index contributed by atoms with van der Waals surface area (Å²) in [4.78, 5) is 0. The van der Waals surface area contributed by atoms with E-state index in [4.69, 9.17) is 5.26 Å².